The Bertz CT molecular complexity index is 1600. The van der Waals surface area contributed by atoms with Crippen LogP contribution >= 0.6 is 0 Å². The second kappa shape index (κ2) is 11.1. The van der Waals surface area contributed by atoms with Crippen molar-refractivity contribution in [2.24, 2.45) is 0 Å². The smallest absolute Gasteiger partial charge is 0.264 e. The van der Waals surface area contributed by atoms with E-state index in [0.717, 1.165) is 29.0 Å². The van der Waals surface area contributed by atoms with Crippen LogP contribution < -0.4 is 9.62 Å². The summed E-state index contributed by atoms with van der Waals surface area (Å²) in [5.41, 5.74) is 2.71. The summed E-state index contributed by atoms with van der Waals surface area (Å²) in [7, 11) is -4.10. The third-order valence-corrected chi connectivity index (χ3v) is 10.2. The summed E-state index contributed by atoms with van der Waals surface area (Å²) in [4.78, 5) is 31.5. The molecular formula is C31H33FN4O4S. The number of hydrogen-bond donors (Lipinski definition) is 1. The highest BCUT2D eigenvalue weighted by Crippen LogP contribution is 2.54. The summed E-state index contributed by atoms with van der Waals surface area (Å²) in [6, 6.07) is 13.1. The van der Waals surface area contributed by atoms with Crippen LogP contribution in [0.25, 0.3) is 0 Å². The van der Waals surface area contributed by atoms with Crippen molar-refractivity contribution in [2.75, 3.05) is 17.4 Å². The van der Waals surface area contributed by atoms with Gasteiger partial charge in [0.05, 0.1) is 28.9 Å². The molecule has 1 aromatic heterocycles. The highest BCUT2D eigenvalue weighted by molar-refractivity contribution is 7.92. The molecule has 1 unspecified atom stereocenters. The maximum absolute atomic E-state index is 14.1. The van der Waals surface area contributed by atoms with Crippen molar-refractivity contribution >= 4 is 27.5 Å². The minimum Gasteiger partial charge on any atom is -0.346 e. The maximum Gasteiger partial charge on any atom is 0.264 e. The molecule has 1 atom stereocenters. The van der Waals surface area contributed by atoms with Crippen LogP contribution in [0.1, 0.15) is 53.4 Å². The number of likely N-dealkylation sites (tertiary alicyclic amines) is 1. The monoisotopic (exact) mass is 576 g/mol. The Balaban J connectivity index is 1.58. The molecule has 2 aromatic carbocycles. The summed E-state index contributed by atoms with van der Waals surface area (Å²) in [6.07, 6.45) is 4.77. The molecule has 0 bridgehead atoms. The predicted molar refractivity (Wildman–Crippen MR) is 154 cm³/mol. The number of nitrogens with one attached hydrogen (secondary N) is 1. The van der Waals surface area contributed by atoms with Gasteiger partial charge < -0.3 is 10.2 Å². The van der Waals surface area contributed by atoms with Crippen LogP contribution in [0.2, 0.25) is 0 Å². The Morgan fingerprint density at radius 3 is 2.49 bits per heavy atom. The van der Waals surface area contributed by atoms with Gasteiger partial charge >= 0.3 is 0 Å². The van der Waals surface area contributed by atoms with Gasteiger partial charge in [-0.3, -0.25) is 18.9 Å². The molecular weight excluding hydrogens is 543 g/mol. The fourth-order valence-corrected chi connectivity index (χ4v) is 7.88. The first-order chi connectivity index (χ1) is 19.6. The van der Waals surface area contributed by atoms with Crippen molar-refractivity contribution in [3.05, 3.63) is 102 Å². The molecule has 1 N–H and O–H groups in total. The van der Waals surface area contributed by atoms with E-state index in [1.807, 2.05) is 19.1 Å². The van der Waals surface area contributed by atoms with E-state index in [0.29, 0.717) is 43.6 Å². The van der Waals surface area contributed by atoms with Crippen LogP contribution in [0, 0.1) is 12.7 Å². The molecule has 3 heterocycles. The summed E-state index contributed by atoms with van der Waals surface area (Å²) in [5.74, 6) is -0.862. The second-order valence-electron chi connectivity index (χ2n) is 10.6. The number of amides is 2. The lowest BCUT2D eigenvalue weighted by Crippen LogP contribution is -2.53. The van der Waals surface area contributed by atoms with Crippen LogP contribution in [0.15, 0.2) is 78.3 Å². The third-order valence-electron chi connectivity index (χ3n) is 8.35. The lowest BCUT2D eigenvalue weighted by Gasteiger charge is -2.44. The highest BCUT2D eigenvalue weighted by atomic mass is 32.2. The summed E-state index contributed by atoms with van der Waals surface area (Å²) in [5, 5.41) is 2.93. The number of aromatic nitrogens is 1. The highest BCUT2D eigenvalue weighted by Gasteiger charge is 2.55. The first kappa shape index (κ1) is 28.5. The molecule has 8 nitrogen and oxygen atoms in total. The molecule has 2 amide bonds. The lowest BCUT2D eigenvalue weighted by atomic mass is 9.68. The molecule has 0 radical (unpaired) electrons. The zero-order valence-electron chi connectivity index (χ0n) is 23.1. The molecule has 5 rings (SSSR count). The molecule has 1 saturated heterocycles. The summed E-state index contributed by atoms with van der Waals surface area (Å²) in [6.45, 7) is 8.54. The van der Waals surface area contributed by atoms with Crippen molar-refractivity contribution in [3.63, 3.8) is 0 Å². The van der Waals surface area contributed by atoms with Crippen LogP contribution in [0.3, 0.4) is 0 Å². The number of carbonyl (C=O) groups is 2. The molecule has 3 aromatic rings. The molecule has 0 aliphatic carbocycles. The van der Waals surface area contributed by atoms with Crippen molar-refractivity contribution in [1.82, 2.24) is 15.2 Å². The van der Waals surface area contributed by atoms with E-state index in [-0.39, 0.29) is 23.3 Å². The standard InChI is InChI=1S/C31H33FN4O4S/c1-4-6-29-31(14-17-35(18-15-31)22(3)37)26-19-23(30(38)34-20-27-21(2)7-5-16-33-27)8-13-28(26)36(29)41(39,40)25-11-9-24(32)10-12-25/h4-5,7-13,16,19,29H,1,6,14-15,17-18,20H2,2-3H3,(H,34,38). The van der Waals surface area contributed by atoms with Crippen LogP contribution in [0.4, 0.5) is 10.1 Å². The fourth-order valence-electron chi connectivity index (χ4n) is 6.13. The SMILES string of the molecule is C=CCC1N(S(=O)(=O)c2ccc(F)cc2)c2ccc(C(=O)NCc3ncccc3C)cc2C12CCN(C(C)=O)CC2. The average molecular weight is 577 g/mol. The van der Waals surface area contributed by atoms with Crippen LogP contribution in [-0.4, -0.2) is 49.2 Å². The minimum absolute atomic E-state index is 0.0234. The molecule has 1 fully saturated rings. The van der Waals surface area contributed by atoms with Gasteiger partial charge in [-0.2, -0.15) is 0 Å². The van der Waals surface area contributed by atoms with Gasteiger partial charge in [0, 0.05) is 37.2 Å². The Labute approximate surface area is 239 Å². The number of anilines is 1. The first-order valence-corrected chi connectivity index (χ1v) is 15.0. The zero-order chi connectivity index (χ0) is 29.4. The Morgan fingerprint density at radius 2 is 1.85 bits per heavy atom. The van der Waals surface area contributed by atoms with E-state index in [2.05, 4.69) is 16.9 Å². The second-order valence-corrected chi connectivity index (χ2v) is 12.5. The van der Waals surface area contributed by atoms with Crippen molar-refractivity contribution in [3.8, 4) is 0 Å². The molecule has 41 heavy (non-hydrogen) atoms. The van der Waals surface area contributed by atoms with Gasteiger partial charge in [0.25, 0.3) is 15.9 Å². The average Bonchev–Trinajstić information content (AvgIpc) is 3.22. The zero-order valence-corrected chi connectivity index (χ0v) is 24.0. The number of sulfonamides is 1. The van der Waals surface area contributed by atoms with E-state index in [9.17, 15) is 22.4 Å². The fraction of sp³-hybridized carbons (Fsp3) is 0.323. The van der Waals surface area contributed by atoms with E-state index < -0.39 is 27.3 Å². The van der Waals surface area contributed by atoms with E-state index >= 15 is 0 Å². The number of benzene rings is 2. The summed E-state index contributed by atoms with van der Waals surface area (Å²) < 4.78 is 43.4. The molecule has 0 saturated carbocycles. The maximum atomic E-state index is 14.1. The van der Waals surface area contributed by atoms with Crippen molar-refractivity contribution < 1.29 is 22.4 Å². The number of fused-ring (bicyclic) bond motifs is 2. The van der Waals surface area contributed by atoms with E-state index in [4.69, 9.17) is 0 Å². The number of rotatable bonds is 7. The Kier molecular flexibility index (Phi) is 7.70. The van der Waals surface area contributed by atoms with Gasteiger partial charge in [0.2, 0.25) is 5.91 Å². The Hall–Kier alpha value is -4.05. The number of aryl methyl sites for hydroxylation is 1. The van der Waals surface area contributed by atoms with Crippen LogP contribution in [0.5, 0.6) is 0 Å². The number of halogens is 1. The number of pyridine rings is 1. The van der Waals surface area contributed by atoms with Gasteiger partial charge in [0.15, 0.2) is 0 Å². The quantitative estimate of drug-likeness (QED) is 0.418. The van der Waals surface area contributed by atoms with E-state index in [1.165, 1.54) is 23.4 Å². The molecule has 2 aliphatic heterocycles. The first-order valence-electron chi connectivity index (χ1n) is 13.6. The Morgan fingerprint density at radius 1 is 1.15 bits per heavy atom. The topological polar surface area (TPSA) is 99.7 Å². The lowest BCUT2D eigenvalue weighted by molar-refractivity contribution is -0.130. The minimum atomic E-state index is -4.10. The molecule has 214 valence electrons. The van der Waals surface area contributed by atoms with Gasteiger partial charge in [0.1, 0.15) is 5.82 Å². The van der Waals surface area contributed by atoms with Crippen LogP contribution in [-0.2, 0) is 26.8 Å². The largest absolute Gasteiger partial charge is 0.346 e. The normalized spacial score (nSPS) is 17.8. The van der Waals surface area contributed by atoms with Gasteiger partial charge in [-0.1, -0.05) is 12.1 Å². The van der Waals surface area contributed by atoms with Gasteiger partial charge in [-0.25, -0.2) is 12.8 Å². The number of carbonyl (C=O) groups excluding carboxylic acids is 2. The molecule has 2 aliphatic rings. The van der Waals surface area contributed by atoms with E-state index in [1.54, 1.807) is 35.4 Å². The van der Waals surface area contributed by atoms with Crippen molar-refractivity contribution in [2.45, 2.75) is 56.0 Å². The number of nitrogens with zero attached hydrogens (tertiary/aromatic N) is 3. The predicted octanol–water partition coefficient (Wildman–Crippen LogP) is 4.49. The molecule has 10 heteroatoms. The number of piperidine rings is 1. The third kappa shape index (κ3) is 5.12. The van der Waals surface area contributed by atoms with Crippen molar-refractivity contribution in [1.29, 1.82) is 0 Å². The number of hydrogen-bond acceptors (Lipinski definition) is 5. The summed E-state index contributed by atoms with van der Waals surface area (Å²) >= 11 is 0. The van der Waals surface area contributed by atoms with Gasteiger partial charge in [-0.15, -0.1) is 6.58 Å². The molecule has 1 spiro atoms. The van der Waals surface area contributed by atoms with Gasteiger partial charge in [-0.05, 0) is 85.8 Å².